The molecule has 0 aromatic carbocycles. The normalized spacial score (nSPS) is 13.1. The van der Waals surface area contributed by atoms with E-state index in [1.54, 1.807) is 13.8 Å². The molecule has 2 N–H and O–H groups in total. The molecule has 2 amide bonds. The highest BCUT2D eigenvalue weighted by Crippen LogP contribution is 2.16. The molecule has 0 aliphatic heterocycles. The number of imide groups is 1. The number of rotatable bonds is 4. The minimum Gasteiger partial charge on any atom is -0.372 e. The van der Waals surface area contributed by atoms with Gasteiger partial charge in [0.2, 0.25) is 11.8 Å². The highest BCUT2D eigenvalue weighted by molar-refractivity contribution is 5.99. The molecule has 0 aliphatic carbocycles. The number of esters is 1. The lowest BCUT2D eigenvalue weighted by molar-refractivity contribution is -0.305. The molecule has 0 aliphatic rings. The second-order valence-corrected chi connectivity index (χ2v) is 4.13. The van der Waals surface area contributed by atoms with Crippen molar-refractivity contribution in [3.63, 3.8) is 0 Å². The van der Waals surface area contributed by atoms with Crippen molar-refractivity contribution in [1.82, 2.24) is 4.90 Å². The average Bonchev–Trinajstić information content (AvgIpc) is 2.20. The maximum absolute atomic E-state index is 11.8. The van der Waals surface area contributed by atoms with Crippen LogP contribution >= 0.6 is 0 Å². The first-order valence-corrected chi connectivity index (χ1v) is 5.31. The lowest BCUT2D eigenvalue weighted by atomic mass is 10.0. The van der Waals surface area contributed by atoms with Gasteiger partial charge in [-0.15, -0.1) is 13.2 Å². The van der Waals surface area contributed by atoms with E-state index in [-0.39, 0.29) is 5.92 Å². The molecule has 0 bridgehead atoms. The summed E-state index contributed by atoms with van der Waals surface area (Å²) in [6, 6.07) is -1.09. The van der Waals surface area contributed by atoms with E-state index >= 15 is 0 Å². The Morgan fingerprint density at radius 1 is 1.26 bits per heavy atom. The SMILES string of the molecule is CC(=O)N(CC(=O)OC(F)(F)F)C(=O)[C@@H](N)C(C)C. The van der Waals surface area contributed by atoms with E-state index in [2.05, 4.69) is 4.74 Å². The van der Waals surface area contributed by atoms with Crippen LogP contribution in [0.15, 0.2) is 0 Å². The zero-order valence-corrected chi connectivity index (χ0v) is 10.7. The molecular weight excluding hydrogens is 269 g/mol. The average molecular weight is 284 g/mol. The predicted molar refractivity (Wildman–Crippen MR) is 57.4 cm³/mol. The quantitative estimate of drug-likeness (QED) is 0.755. The summed E-state index contributed by atoms with van der Waals surface area (Å²) >= 11 is 0. The number of hydrogen-bond donors (Lipinski definition) is 1. The number of nitrogens with two attached hydrogens (primary N) is 1. The van der Waals surface area contributed by atoms with Crippen LogP contribution in [0.4, 0.5) is 13.2 Å². The fourth-order valence-electron chi connectivity index (χ4n) is 1.10. The summed E-state index contributed by atoms with van der Waals surface area (Å²) in [5.74, 6) is -3.91. The number of hydrogen-bond acceptors (Lipinski definition) is 5. The molecule has 9 heteroatoms. The monoisotopic (exact) mass is 284 g/mol. The van der Waals surface area contributed by atoms with Crippen LogP contribution in [0.1, 0.15) is 20.8 Å². The van der Waals surface area contributed by atoms with E-state index in [9.17, 15) is 27.6 Å². The number of halogens is 3. The second-order valence-electron chi connectivity index (χ2n) is 4.13. The molecule has 1 atom stereocenters. The largest absolute Gasteiger partial charge is 0.575 e. The summed E-state index contributed by atoms with van der Waals surface area (Å²) in [4.78, 5) is 34.2. The Balaban J connectivity index is 4.82. The smallest absolute Gasteiger partial charge is 0.372 e. The number of ether oxygens (including phenoxy) is 1. The molecule has 0 rings (SSSR count). The van der Waals surface area contributed by atoms with Gasteiger partial charge in [0, 0.05) is 6.92 Å². The first kappa shape index (κ1) is 17.4. The van der Waals surface area contributed by atoms with Gasteiger partial charge >= 0.3 is 12.3 Å². The van der Waals surface area contributed by atoms with Crippen molar-refractivity contribution < 1.29 is 32.3 Å². The topological polar surface area (TPSA) is 89.7 Å². The third kappa shape index (κ3) is 6.18. The van der Waals surface area contributed by atoms with E-state index in [4.69, 9.17) is 5.73 Å². The Hall–Kier alpha value is -1.64. The zero-order valence-electron chi connectivity index (χ0n) is 10.7. The predicted octanol–water partition coefficient (Wildman–Crippen LogP) is 0.408. The van der Waals surface area contributed by atoms with Crippen LogP contribution in [0.2, 0.25) is 0 Å². The Morgan fingerprint density at radius 2 is 1.74 bits per heavy atom. The van der Waals surface area contributed by atoms with Gasteiger partial charge < -0.3 is 10.5 Å². The zero-order chi connectivity index (χ0) is 15.4. The third-order valence-corrected chi connectivity index (χ3v) is 2.17. The van der Waals surface area contributed by atoms with Crippen LogP contribution < -0.4 is 5.73 Å². The van der Waals surface area contributed by atoms with E-state index in [0.717, 1.165) is 6.92 Å². The lowest BCUT2D eigenvalue weighted by Crippen LogP contribution is -2.50. The molecular formula is C10H15F3N2O4. The minimum atomic E-state index is -5.16. The van der Waals surface area contributed by atoms with Crippen LogP contribution in [0, 0.1) is 5.92 Å². The van der Waals surface area contributed by atoms with Crippen molar-refractivity contribution in [3.8, 4) is 0 Å². The third-order valence-electron chi connectivity index (χ3n) is 2.17. The summed E-state index contributed by atoms with van der Waals surface area (Å²) in [5.41, 5.74) is 5.48. The van der Waals surface area contributed by atoms with E-state index in [1.807, 2.05) is 0 Å². The molecule has 0 aromatic rings. The van der Waals surface area contributed by atoms with E-state index < -0.39 is 36.7 Å². The Kier molecular flexibility index (Phi) is 5.94. The van der Waals surface area contributed by atoms with Gasteiger partial charge in [0.15, 0.2) is 0 Å². The Morgan fingerprint density at radius 3 is 2.05 bits per heavy atom. The molecule has 110 valence electrons. The van der Waals surface area contributed by atoms with Gasteiger partial charge in [-0.05, 0) is 5.92 Å². The summed E-state index contributed by atoms with van der Waals surface area (Å²) in [5, 5.41) is 0. The van der Waals surface area contributed by atoms with Crippen LogP contribution in [-0.4, -0.2) is 41.6 Å². The van der Waals surface area contributed by atoms with Crippen LogP contribution in [-0.2, 0) is 19.1 Å². The molecule has 19 heavy (non-hydrogen) atoms. The number of amides is 2. The summed E-state index contributed by atoms with van der Waals surface area (Å²) in [7, 11) is 0. The molecule has 0 unspecified atom stereocenters. The van der Waals surface area contributed by atoms with Gasteiger partial charge in [-0.1, -0.05) is 13.8 Å². The van der Waals surface area contributed by atoms with Crippen molar-refractivity contribution in [3.05, 3.63) is 0 Å². The molecule has 0 radical (unpaired) electrons. The van der Waals surface area contributed by atoms with Crippen molar-refractivity contribution in [2.24, 2.45) is 11.7 Å². The van der Waals surface area contributed by atoms with Gasteiger partial charge in [0.25, 0.3) is 0 Å². The number of carbonyl (C=O) groups excluding carboxylic acids is 3. The van der Waals surface area contributed by atoms with Crippen LogP contribution in [0.3, 0.4) is 0 Å². The van der Waals surface area contributed by atoms with Crippen molar-refractivity contribution in [2.75, 3.05) is 6.54 Å². The standard InChI is InChI=1S/C10H15F3N2O4/c1-5(2)8(14)9(18)15(6(3)16)4-7(17)19-10(11,12)13/h5,8H,4,14H2,1-3H3/t8-/m0/s1. The van der Waals surface area contributed by atoms with Crippen LogP contribution in [0.5, 0.6) is 0 Å². The fraction of sp³-hybridized carbons (Fsp3) is 0.700. The van der Waals surface area contributed by atoms with Crippen molar-refractivity contribution in [2.45, 2.75) is 33.2 Å². The van der Waals surface area contributed by atoms with Crippen LogP contribution in [0.25, 0.3) is 0 Å². The molecule has 0 spiro atoms. The molecule has 0 saturated heterocycles. The van der Waals surface area contributed by atoms with Gasteiger partial charge in [-0.2, -0.15) is 0 Å². The molecule has 0 saturated carbocycles. The molecule has 0 fully saturated rings. The fourth-order valence-corrected chi connectivity index (χ4v) is 1.10. The maximum Gasteiger partial charge on any atom is 0.575 e. The Labute approximate surface area is 107 Å². The van der Waals surface area contributed by atoms with Gasteiger partial charge in [0.05, 0.1) is 6.04 Å². The van der Waals surface area contributed by atoms with Crippen molar-refractivity contribution in [1.29, 1.82) is 0 Å². The van der Waals surface area contributed by atoms with E-state index in [1.165, 1.54) is 0 Å². The van der Waals surface area contributed by atoms with Gasteiger partial charge in [-0.25, -0.2) is 4.79 Å². The first-order valence-electron chi connectivity index (χ1n) is 5.31. The van der Waals surface area contributed by atoms with E-state index in [0.29, 0.717) is 4.90 Å². The first-order chi connectivity index (χ1) is 8.45. The highest BCUT2D eigenvalue weighted by atomic mass is 19.4. The highest BCUT2D eigenvalue weighted by Gasteiger charge is 2.36. The minimum absolute atomic E-state index is 0.332. The summed E-state index contributed by atoms with van der Waals surface area (Å²) in [6.07, 6.45) is -5.16. The summed E-state index contributed by atoms with van der Waals surface area (Å²) in [6.45, 7) is 2.99. The molecule has 6 nitrogen and oxygen atoms in total. The number of nitrogens with zero attached hydrogens (tertiary/aromatic N) is 1. The van der Waals surface area contributed by atoms with Crippen molar-refractivity contribution >= 4 is 17.8 Å². The number of alkyl halides is 3. The summed E-state index contributed by atoms with van der Waals surface area (Å²) < 4.78 is 38.5. The second kappa shape index (κ2) is 6.50. The Bertz CT molecular complexity index is 368. The van der Waals surface area contributed by atoms with Gasteiger partial charge in [-0.3, -0.25) is 14.5 Å². The lowest BCUT2D eigenvalue weighted by Gasteiger charge is -2.23. The number of carbonyl (C=O) groups is 3. The molecule has 0 aromatic heterocycles. The van der Waals surface area contributed by atoms with Gasteiger partial charge in [0.1, 0.15) is 6.54 Å². The maximum atomic E-state index is 11.8. The molecule has 0 heterocycles.